The summed E-state index contributed by atoms with van der Waals surface area (Å²) >= 11 is 1.76. The second-order valence-corrected chi connectivity index (χ2v) is 7.11. The maximum atomic E-state index is 13.0. The summed E-state index contributed by atoms with van der Waals surface area (Å²) in [5.41, 5.74) is 3.69. The lowest BCUT2D eigenvalue weighted by Gasteiger charge is -2.32. The number of rotatable bonds is 5. The van der Waals surface area contributed by atoms with E-state index in [4.69, 9.17) is 0 Å². The Morgan fingerprint density at radius 3 is 2.65 bits per heavy atom. The third-order valence-electron chi connectivity index (χ3n) is 4.32. The molecule has 2 aromatic carbocycles. The molecule has 1 aliphatic rings. The van der Waals surface area contributed by atoms with Crippen LogP contribution in [0.2, 0.25) is 0 Å². The summed E-state index contributed by atoms with van der Waals surface area (Å²) in [6.45, 7) is 2.95. The summed E-state index contributed by atoms with van der Waals surface area (Å²) in [6, 6.07) is 18.7. The van der Waals surface area contributed by atoms with Gasteiger partial charge in [0.05, 0.1) is 5.25 Å². The molecule has 23 heavy (non-hydrogen) atoms. The van der Waals surface area contributed by atoms with Crippen molar-refractivity contribution in [2.45, 2.75) is 37.2 Å². The smallest absolute Gasteiger partial charge is 0.240 e. The number of aryl methyl sites for hydroxylation is 1. The standard InChI is InChI=1S/C20H23NOS/c1-2-19(23-15-16-9-4-3-5-10-16)20(22)21-14-8-12-17-11-6-7-13-18(17)21/h3-7,9-11,13,19H,2,8,12,14-15H2,1H3. The van der Waals surface area contributed by atoms with Crippen molar-refractivity contribution < 1.29 is 4.79 Å². The van der Waals surface area contributed by atoms with E-state index in [2.05, 4.69) is 49.4 Å². The van der Waals surface area contributed by atoms with E-state index < -0.39 is 0 Å². The Labute approximate surface area is 142 Å². The van der Waals surface area contributed by atoms with Crippen LogP contribution in [0.5, 0.6) is 0 Å². The molecule has 0 aromatic heterocycles. The van der Waals surface area contributed by atoms with Crippen LogP contribution in [0.25, 0.3) is 0 Å². The van der Waals surface area contributed by atoms with Crippen molar-refractivity contribution in [2.24, 2.45) is 0 Å². The van der Waals surface area contributed by atoms with Gasteiger partial charge in [-0.05, 0) is 36.5 Å². The van der Waals surface area contributed by atoms with Crippen LogP contribution < -0.4 is 4.90 Å². The van der Waals surface area contributed by atoms with Gasteiger partial charge in [-0.1, -0.05) is 55.5 Å². The molecular formula is C20H23NOS. The highest BCUT2D eigenvalue weighted by atomic mass is 32.2. The fourth-order valence-electron chi connectivity index (χ4n) is 3.07. The van der Waals surface area contributed by atoms with Crippen molar-refractivity contribution >= 4 is 23.4 Å². The first kappa shape index (κ1) is 16.1. The lowest BCUT2D eigenvalue weighted by Crippen LogP contribution is -2.40. The molecule has 120 valence electrons. The molecule has 1 unspecified atom stereocenters. The summed E-state index contributed by atoms with van der Waals surface area (Å²) in [5.74, 6) is 1.15. The molecule has 3 heteroatoms. The summed E-state index contributed by atoms with van der Waals surface area (Å²) in [7, 11) is 0. The summed E-state index contributed by atoms with van der Waals surface area (Å²) in [4.78, 5) is 15.0. The molecule has 0 saturated carbocycles. The SMILES string of the molecule is CCC(SCc1ccccc1)C(=O)N1CCCc2ccccc21. The fraction of sp³-hybridized carbons (Fsp3) is 0.350. The second-order valence-electron chi connectivity index (χ2n) is 5.92. The number of nitrogens with zero attached hydrogens (tertiary/aromatic N) is 1. The Kier molecular flexibility index (Phi) is 5.39. The van der Waals surface area contributed by atoms with Crippen LogP contribution in [-0.2, 0) is 17.0 Å². The molecule has 2 nitrogen and oxygen atoms in total. The summed E-state index contributed by atoms with van der Waals surface area (Å²) in [5, 5.41) is 0.0290. The molecule has 0 saturated heterocycles. The Hall–Kier alpha value is -1.74. The van der Waals surface area contributed by atoms with Crippen molar-refractivity contribution in [3.8, 4) is 0 Å². The lowest BCUT2D eigenvalue weighted by molar-refractivity contribution is -0.118. The zero-order chi connectivity index (χ0) is 16.1. The van der Waals surface area contributed by atoms with Crippen LogP contribution in [-0.4, -0.2) is 17.7 Å². The van der Waals surface area contributed by atoms with Gasteiger partial charge in [0.1, 0.15) is 0 Å². The Balaban J connectivity index is 1.71. The molecule has 1 aliphatic heterocycles. The van der Waals surface area contributed by atoms with E-state index in [1.54, 1.807) is 11.8 Å². The first-order valence-corrected chi connectivity index (χ1v) is 9.39. The van der Waals surface area contributed by atoms with E-state index in [0.29, 0.717) is 0 Å². The average Bonchev–Trinajstić information content (AvgIpc) is 2.62. The monoisotopic (exact) mass is 325 g/mol. The molecule has 1 heterocycles. The van der Waals surface area contributed by atoms with E-state index in [-0.39, 0.29) is 11.2 Å². The topological polar surface area (TPSA) is 20.3 Å². The average molecular weight is 325 g/mol. The number of amides is 1. The number of hydrogen-bond acceptors (Lipinski definition) is 2. The second kappa shape index (κ2) is 7.69. The fourth-order valence-corrected chi connectivity index (χ4v) is 4.16. The van der Waals surface area contributed by atoms with Gasteiger partial charge in [0.25, 0.3) is 0 Å². The minimum absolute atomic E-state index is 0.0290. The number of carbonyl (C=O) groups is 1. The summed E-state index contributed by atoms with van der Waals surface area (Å²) in [6.07, 6.45) is 3.01. The molecule has 0 radical (unpaired) electrons. The molecule has 0 N–H and O–H groups in total. The number of benzene rings is 2. The van der Waals surface area contributed by atoms with Gasteiger partial charge in [0.15, 0.2) is 0 Å². The number of carbonyl (C=O) groups excluding carboxylic acids is 1. The number of para-hydroxylation sites is 1. The molecule has 0 spiro atoms. The first-order chi connectivity index (χ1) is 11.3. The number of anilines is 1. The first-order valence-electron chi connectivity index (χ1n) is 8.34. The van der Waals surface area contributed by atoms with Crippen LogP contribution in [0.1, 0.15) is 30.9 Å². The Morgan fingerprint density at radius 1 is 1.13 bits per heavy atom. The minimum Gasteiger partial charge on any atom is -0.311 e. The molecule has 1 atom stereocenters. The maximum absolute atomic E-state index is 13.0. The molecule has 2 aromatic rings. The van der Waals surface area contributed by atoms with Gasteiger partial charge >= 0.3 is 0 Å². The minimum atomic E-state index is 0.0290. The predicted octanol–water partition coefficient (Wildman–Crippen LogP) is 4.68. The van der Waals surface area contributed by atoms with Crippen molar-refractivity contribution in [3.05, 3.63) is 65.7 Å². The number of thioether (sulfide) groups is 1. The van der Waals surface area contributed by atoms with Gasteiger partial charge in [0, 0.05) is 18.0 Å². The maximum Gasteiger partial charge on any atom is 0.240 e. The van der Waals surface area contributed by atoms with Gasteiger partial charge in [-0.2, -0.15) is 0 Å². The van der Waals surface area contributed by atoms with Gasteiger partial charge in [-0.3, -0.25) is 4.79 Å². The van der Waals surface area contributed by atoms with Gasteiger partial charge < -0.3 is 4.90 Å². The highest BCUT2D eigenvalue weighted by Gasteiger charge is 2.27. The van der Waals surface area contributed by atoms with Crippen molar-refractivity contribution in [1.82, 2.24) is 0 Å². The van der Waals surface area contributed by atoms with Crippen molar-refractivity contribution in [2.75, 3.05) is 11.4 Å². The van der Waals surface area contributed by atoms with E-state index >= 15 is 0 Å². The quantitative estimate of drug-likeness (QED) is 0.795. The highest BCUT2D eigenvalue weighted by molar-refractivity contribution is 7.99. The van der Waals surface area contributed by atoms with E-state index in [1.807, 2.05) is 17.0 Å². The Morgan fingerprint density at radius 2 is 1.87 bits per heavy atom. The van der Waals surface area contributed by atoms with Crippen LogP contribution in [0.3, 0.4) is 0 Å². The predicted molar refractivity (Wildman–Crippen MR) is 98.9 cm³/mol. The third kappa shape index (κ3) is 3.78. The summed E-state index contributed by atoms with van der Waals surface area (Å²) < 4.78 is 0. The molecule has 3 rings (SSSR count). The Bertz CT molecular complexity index is 656. The molecule has 0 aliphatic carbocycles. The van der Waals surface area contributed by atoms with Crippen molar-refractivity contribution in [3.63, 3.8) is 0 Å². The molecule has 0 bridgehead atoms. The van der Waals surface area contributed by atoms with Crippen LogP contribution in [0, 0.1) is 0 Å². The zero-order valence-electron chi connectivity index (χ0n) is 13.6. The molecule has 1 amide bonds. The van der Waals surface area contributed by atoms with Gasteiger partial charge in [0.2, 0.25) is 5.91 Å². The number of fused-ring (bicyclic) bond motifs is 1. The lowest BCUT2D eigenvalue weighted by atomic mass is 10.0. The largest absolute Gasteiger partial charge is 0.311 e. The highest BCUT2D eigenvalue weighted by Crippen LogP contribution is 2.30. The van der Waals surface area contributed by atoms with Gasteiger partial charge in [-0.15, -0.1) is 11.8 Å². The van der Waals surface area contributed by atoms with Crippen LogP contribution in [0.4, 0.5) is 5.69 Å². The van der Waals surface area contributed by atoms with E-state index in [1.165, 1.54) is 11.1 Å². The molecular weight excluding hydrogens is 302 g/mol. The van der Waals surface area contributed by atoms with Crippen LogP contribution in [0.15, 0.2) is 54.6 Å². The van der Waals surface area contributed by atoms with Crippen molar-refractivity contribution in [1.29, 1.82) is 0 Å². The third-order valence-corrected chi connectivity index (χ3v) is 5.75. The normalized spacial score (nSPS) is 15.1. The van der Waals surface area contributed by atoms with Crippen LogP contribution >= 0.6 is 11.8 Å². The van der Waals surface area contributed by atoms with E-state index in [9.17, 15) is 4.79 Å². The zero-order valence-corrected chi connectivity index (χ0v) is 14.4. The van der Waals surface area contributed by atoms with Gasteiger partial charge in [-0.25, -0.2) is 0 Å². The molecule has 0 fully saturated rings. The number of hydrogen-bond donors (Lipinski definition) is 0. The van der Waals surface area contributed by atoms with E-state index in [0.717, 1.165) is 37.2 Å².